The summed E-state index contributed by atoms with van der Waals surface area (Å²) in [5, 5.41) is 6.51. The molecule has 0 amide bonds. The molecule has 0 radical (unpaired) electrons. The summed E-state index contributed by atoms with van der Waals surface area (Å²) in [5.74, 6) is 0. The van der Waals surface area contributed by atoms with Crippen molar-refractivity contribution in [1.82, 2.24) is 9.55 Å². The van der Waals surface area contributed by atoms with Gasteiger partial charge in [-0.15, -0.1) is 0 Å². The molecule has 0 bridgehead atoms. The number of aromatic nitrogens is 2. The number of rotatable bonds is 2. The van der Waals surface area contributed by atoms with Crippen LogP contribution in [0, 0.1) is 0 Å². The number of halogens is 1. The average Bonchev–Trinajstić information content (AvgIpc) is 3.24. The van der Waals surface area contributed by atoms with Gasteiger partial charge in [0.15, 0.2) is 0 Å². The zero-order valence-corrected chi connectivity index (χ0v) is 19.0. The van der Waals surface area contributed by atoms with Crippen molar-refractivity contribution in [3.05, 3.63) is 120 Å². The van der Waals surface area contributed by atoms with Gasteiger partial charge < -0.3 is 4.57 Å². The lowest BCUT2D eigenvalue weighted by Crippen LogP contribution is -1.94. The molecule has 0 fully saturated rings. The summed E-state index contributed by atoms with van der Waals surface area (Å²) >= 11 is 6.72. The monoisotopic (exact) mass is 454 g/mol. The van der Waals surface area contributed by atoms with E-state index in [0.29, 0.717) is 5.02 Å². The van der Waals surface area contributed by atoms with Crippen LogP contribution in [0.2, 0.25) is 5.02 Å². The van der Waals surface area contributed by atoms with Gasteiger partial charge in [0.1, 0.15) is 0 Å². The van der Waals surface area contributed by atoms with E-state index in [1.54, 1.807) is 0 Å². The third-order valence-corrected chi connectivity index (χ3v) is 6.94. The highest BCUT2D eigenvalue weighted by Crippen LogP contribution is 2.43. The van der Waals surface area contributed by atoms with E-state index in [1.807, 2.05) is 18.2 Å². The van der Waals surface area contributed by atoms with E-state index in [4.69, 9.17) is 16.6 Å². The number of hydrogen-bond acceptors (Lipinski definition) is 1. The van der Waals surface area contributed by atoms with Crippen molar-refractivity contribution in [2.45, 2.75) is 0 Å². The molecule has 0 aliphatic heterocycles. The first-order chi connectivity index (χ1) is 16.8. The Morgan fingerprint density at radius 3 is 2.06 bits per heavy atom. The molecule has 0 saturated carbocycles. The van der Waals surface area contributed by atoms with E-state index in [1.165, 1.54) is 27.2 Å². The van der Waals surface area contributed by atoms with Gasteiger partial charge >= 0.3 is 0 Å². The minimum atomic E-state index is 0.667. The second-order valence-corrected chi connectivity index (χ2v) is 8.94. The molecule has 0 saturated heterocycles. The van der Waals surface area contributed by atoms with Gasteiger partial charge in [-0.25, -0.2) is 4.98 Å². The first-order valence-electron chi connectivity index (χ1n) is 11.4. The minimum absolute atomic E-state index is 0.667. The topological polar surface area (TPSA) is 17.8 Å². The molecule has 0 spiro atoms. The lowest BCUT2D eigenvalue weighted by atomic mass is 9.96. The molecular weight excluding hydrogens is 436 g/mol. The molecule has 34 heavy (non-hydrogen) atoms. The van der Waals surface area contributed by atoms with Gasteiger partial charge in [0.25, 0.3) is 0 Å². The van der Waals surface area contributed by atoms with Gasteiger partial charge in [-0.05, 0) is 30.3 Å². The predicted molar refractivity (Wildman–Crippen MR) is 144 cm³/mol. The quantitative estimate of drug-likeness (QED) is 0.238. The van der Waals surface area contributed by atoms with Crippen LogP contribution in [0.15, 0.2) is 115 Å². The van der Waals surface area contributed by atoms with E-state index in [9.17, 15) is 0 Å². The van der Waals surface area contributed by atoms with E-state index in [-0.39, 0.29) is 0 Å². The van der Waals surface area contributed by atoms with Crippen molar-refractivity contribution in [3.63, 3.8) is 0 Å². The zero-order valence-electron chi connectivity index (χ0n) is 18.2. The molecule has 5 aromatic carbocycles. The Bertz CT molecular complexity index is 1850. The highest BCUT2D eigenvalue weighted by atomic mass is 35.5. The van der Waals surface area contributed by atoms with Crippen LogP contribution in [0.5, 0.6) is 0 Å². The molecular formula is C31H19ClN2. The van der Waals surface area contributed by atoms with Crippen molar-refractivity contribution >= 4 is 55.1 Å². The third kappa shape index (κ3) is 2.73. The summed E-state index contributed by atoms with van der Waals surface area (Å²) in [7, 11) is 0. The van der Waals surface area contributed by atoms with Gasteiger partial charge in [0.2, 0.25) is 0 Å². The summed E-state index contributed by atoms with van der Waals surface area (Å²) in [6.07, 6.45) is 0. The molecule has 0 aliphatic rings. The lowest BCUT2D eigenvalue weighted by molar-refractivity contribution is 1.18. The smallest absolute Gasteiger partial charge is 0.0902 e. The Morgan fingerprint density at radius 2 is 1.24 bits per heavy atom. The van der Waals surface area contributed by atoms with Crippen LogP contribution in [-0.2, 0) is 0 Å². The van der Waals surface area contributed by atoms with Gasteiger partial charge in [0, 0.05) is 38.2 Å². The molecule has 0 atom stereocenters. The van der Waals surface area contributed by atoms with Crippen molar-refractivity contribution in [2.75, 3.05) is 0 Å². The van der Waals surface area contributed by atoms with Gasteiger partial charge in [0.05, 0.1) is 27.3 Å². The second-order valence-electron chi connectivity index (χ2n) is 8.53. The fourth-order valence-electron chi connectivity index (χ4n) is 5.21. The normalized spacial score (nSPS) is 11.7. The highest BCUT2D eigenvalue weighted by molar-refractivity contribution is 6.38. The number of pyridine rings is 1. The molecule has 160 valence electrons. The minimum Gasteiger partial charge on any atom is -0.309 e. The summed E-state index contributed by atoms with van der Waals surface area (Å²) in [4.78, 5) is 5.09. The molecule has 2 nitrogen and oxygen atoms in total. The first kappa shape index (κ1) is 19.3. The Labute approximate surface area is 201 Å². The molecule has 3 heteroatoms. The van der Waals surface area contributed by atoms with Crippen molar-refractivity contribution < 1.29 is 0 Å². The molecule has 0 unspecified atom stereocenters. The van der Waals surface area contributed by atoms with Crippen LogP contribution in [0.3, 0.4) is 0 Å². The summed E-state index contributed by atoms with van der Waals surface area (Å²) in [6.45, 7) is 0. The van der Waals surface area contributed by atoms with Crippen LogP contribution >= 0.6 is 11.6 Å². The van der Waals surface area contributed by atoms with E-state index < -0.39 is 0 Å². The maximum Gasteiger partial charge on any atom is 0.0902 e. The maximum absolute atomic E-state index is 6.72. The van der Waals surface area contributed by atoms with Crippen LogP contribution in [-0.4, -0.2) is 9.55 Å². The fourth-order valence-corrected chi connectivity index (χ4v) is 5.43. The van der Waals surface area contributed by atoms with Crippen LogP contribution < -0.4 is 0 Å². The largest absolute Gasteiger partial charge is 0.309 e. The Morgan fingerprint density at radius 1 is 0.529 bits per heavy atom. The van der Waals surface area contributed by atoms with Crippen LogP contribution in [0.4, 0.5) is 0 Å². The standard InChI is InChI=1S/C31H19ClN2/c32-25-16-9-15-23-28-24(30(33-31(23)25)20-10-3-1-4-11-20)18-19-27-29(28)22-14-7-8-17-26(22)34(27)21-12-5-2-6-13-21/h1-19H. The third-order valence-electron chi connectivity index (χ3n) is 6.64. The molecule has 0 N–H and O–H groups in total. The number of nitrogens with zero attached hydrogens (tertiary/aromatic N) is 2. The van der Waals surface area contributed by atoms with Gasteiger partial charge in [-0.3, -0.25) is 0 Å². The molecule has 7 aromatic rings. The van der Waals surface area contributed by atoms with Crippen molar-refractivity contribution in [1.29, 1.82) is 0 Å². The number of fused-ring (bicyclic) bond motifs is 7. The summed E-state index contributed by atoms with van der Waals surface area (Å²) in [6, 6.07) is 40.1. The zero-order chi connectivity index (χ0) is 22.6. The lowest BCUT2D eigenvalue weighted by Gasteiger charge is -2.13. The Kier molecular flexibility index (Phi) is 4.23. The predicted octanol–water partition coefficient (Wildman–Crippen LogP) is 8.81. The number of hydrogen-bond donors (Lipinski definition) is 0. The van der Waals surface area contributed by atoms with E-state index >= 15 is 0 Å². The first-order valence-corrected chi connectivity index (χ1v) is 11.7. The molecule has 7 rings (SSSR count). The SMILES string of the molecule is Clc1cccc2c1nc(-c1ccccc1)c1ccc3c(c4ccccc4n3-c3ccccc3)c12. The molecule has 2 heterocycles. The van der Waals surface area contributed by atoms with Crippen LogP contribution in [0.25, 0.3) is 60.4 Å². The average molecular weight is 455 g/mol. The van der Waals surface area contributed by atoms with Crippen LogP contribution in [0.1, 0.15) is 0 Å². The fraction of sp³-hybridized carbons (Fsp3) is 0. The van der Waals surface area contributed by atoms with E-state index in [0.717, 1.165) is 33.2 Å². The highest BCUT2D eigenvalue weighted by Gasteiger charge is 2.19. The summed E-state index contributed by atoms with van der Waals surface area (Å²) < 4.78 is 2.35. The number of para-hydroxylation sites is 3. The molecule has 2 aromatic heterocycles. The maximum atomic E-state index is 6.72. The Balaban J connectivity index is 1.77. The van der Waals surface area contributed by atoms with Crippen molar-refractivity contribution in [3.8, 4) is 16.9 Å². The van der Waals surface area contributed by atoms with E-state index in [2.05, 4.69) is 102 Å². The van der Waals surface area contributed by atoms with Crippen molar-refractivity contribution in [2.24, 2.45) is 0 Å². The number of benzene rings is 5. The van der Waals surface area contributed by atoms with Gasteiger partial charge in [-0.2, -0.15) is 0 Å². The molecule has 0 aliphatic carbocycles. The Hall–Kier alpha value is -4.14. The second kappa shape index (κ2) is 7.44. The summed E-state index contributed by atoms with van der Waals surface area (Å²) in [5.41, 5.74) is 6.37. The van der Waals surface area contributed by atoms with Gasteiger partial charge in [-0.1, -0.05) is 96.5 Å².